The van der Waals surface area contributed by atoms with E-state index in [1.165, 1.54) is 0 Å². The van der Waals surface area contributed by atoms with E-state index in [1.54, 1.807) is 17.6 Å². The summed E-state index contributed by atoms with van der Waals surface area (Å²) in [7, 11) is 0. The van der Waals surface area contributed by atoms with Crippen molar-refractivity contribution in [2.24, 2.45) is 0 Å². The molecule has 4 heterocycles. The number of benzene rings is 1. The van der Waals surface area contributed by atoms with E-state index in [9.17, 15) is 19.2 Å². The number of aromatic nitrogens is 2. The molecule has 0 amide bonds. The molecule has 186 valence electrons. The Morgan fingerprint density at radius 3 is 2.69 bits per heavy atom. The van der Waals surface area contributed by atoms with Crippen LogP contribution in [-0.4, -0.2) is 32.6 Å². The van der Waals surface area contributed by atoms with Crippen LogP contribution >= 0.6 is 0 Å². The summed E-state index contributed by atoms with van der Waals surface area (Å²) >= 11 is 0. The molecule has 9 heteroatoms. The molecule has 0 spiro atoms. The highest BCUT2D eigenvalue weighted by Gasteiger charge is 2.50. The van der Waals surface area contributed by atoms with E-state index in [1.807, 2.05) is 30.3 Å². The van der Waals surface area contributed by atoms with Crippen molar-refractivity contribution in [1.82, 2.24) is 9.55 Å². The van der Waals surface area contributed by atoms with Gasteiger partial charge in [-0.1, -0.05) is 31.5 Å². The number of hydrogen-bond donors (Lipinski definition) is 1. The van der Waals surface area contributed by atoms with Gasteiger partial charge in [0.2, 0.25) is 5.60 Å². The molecular formula is C27H26N2O7. The van der Waals surface area contributed by atoms with Crippen LogP contribution in [0.25, 0.3) is 22.3 Å². The minimum atomic E-state index is -1.72. The molecule has 1 aromatic carbocycles. The summed E-state index contributed by atoms with van der Waals surface area (Å²) in [5.41, 5.74) is 1.58. The second-order valence-electron chi connectivity index (χ2n) is 9.19. The SMILES string of the molecule is CCC1(OC(=O)CCCCCC(=O)O)C(=O)OCc2c1cc1n(c2=O)Cc2cc3ccccc3nc2-1. The molecule has 1 atom stereocenters. The molecule has 1 unspecified atom stereocenters. The van der Waals surface area contributed by atoms with Gasteiger partial charge in [0.25, 0.3) is 5.56 Å². The van der Waals surface area contributed by atoms with Crippen molar-refractivity contribution in [3.8, 4) is 11.4 Å². The van der Waals surface area contributed by atoms with Crippen LogP contribution < -0.4 is 5.56 Å². The van der Waals surface area contributed by atoms with Crippen molar-refractivity contribution in [1.29, 1.82) is 0 Å². The number of carboxylic acid groups (broad SMARTS) is 1. The minimum absolute atomic E-state index is 0.0320. The molecule has 0 saturated carbocycles. The number of fused-ring (bicyclic) bond motifs is 5. The molecule has 0 saturated heterocycles. The third-order valence-electron chi connectivity index (χ3n) is 6.94. The first kappa shape index (κ1) is 23.7. The average Bonchev–Trinajstić information content (AvgIpc) is 3.22. The van der Waals surface area contributed by atoms with Gasteiger partial charge >= 0.3 is 17.9 Å². The number of carbonyl (C=O) groups is 3. The smallest absolute Gasteiger partial charge is 0.355 e. The number of pyridine rings is 2. The molecule has 0 aliphatic carbocycles. The standard InChI is InChI=1S/C27H26N2O7/c1-2-27(36-23(32)11-5-3-4-10-22(30)31)19-13-21-24-17(12-16-8-6-7-9-20(16)28-24)14-29(21)25(33)18(19)15-35-26(27)34/h6-9,12-13H,2-5,10-11,14-15H2,1H3,(H,30,31). The number of unbranched alkanes of at least 4 members (excludes halogenated alkanes) is 2. The molecule has 1 N–H and O–H groups in total. The maximum Gasteiger partial charge on any atom is 0.355 e. The van der Waals surface area contributed by atoms with Crippen molar-refractivity contribution >= 4 is 28.8 Å². The molecule has 0 fully saturated rings. The summed E-state index contributed by atoms with van der Waals surface area (Å²) in [6, 6.07) is 11.5. The van der Waals surface area contributed by atoms with Gasteiger partial charge in [0.1, 0.15) is 6.61 Å². The van der Waals surface area contributed by atoms with Crippen LogP contribution in [0.4, 0.5) is 0 Å². The fourth-order valence-corrected chi connectivity index (χ4v) is 5.05. The number of hydrogen-bond acceptors (Lipinski definition) is 7. The highest BCUT2D eigenvalue weighted by atomic mass is 16.6. The van der Waals surface area contributed by atoms with E-state index in [0.29, 0.717) is 48.3 Å². The lowest BCUT2D eigenvalue weighted by atomic mass is 9.85. The fourth-order valence-electron chi connectivity index (χ4n) is 5.05. The molecule has 0 radical (unpaired) electrons. The molecule has 36 heavy (non-hydrogen) atoms. The normalized spacial score (nSPS) is 17.8. The van der Waals surface area contributed by atoms with Crippen LogP contribution in [0, 0.1) is 0 Å². The largest absolute Gasteiger partial charge is 0.481 e. The summed E-state index contributed by atoms with van der Waals surface area (Å²) in [6.07, 6.45) is 1.61. The molecule has 5 rings (SSSR count). The Morgan fingerprint density at radius 2 is 1.92 bits per heavy atom. The average molecular weight is 491 g/mol. The molecule has 0 bridgehead atoms. The summed E-state index contributed by atoms with van der Waals surface area (Å²) in [4.78, 5) is 54.8. The Kier molecular flexibility index (Phi) is 6.07. The Hall–Kier alpha value is -4.01. The quantitative estimate of drug-likeness (QED) is 0.293. The topological polar surface area (TPSA) is 125 Å². The molecule has 9 nitrogen and oxygen atoms in total. The Morgan fingerprint density at radius 1 is 1.14 bits per heavy atom. The minimum Gasteiger partial charge on any atom is -0.481 e. The lowest BCUT2D eigenvalue weighted by molar-refractivity contribution is -0.189. The lowest BCUT2D eigenvalue weighted by Gasteiger charge is -2.35. The summed E-state index contributed by atoms with van der Waals surface area (Å²) < 4.78 is 12.7. The van der Waals surface area contributed by atoms with Crippen molar-refractivity contribution in [2.75, 3.05) is 0 Å². The van der Waals surface area contributed by atoms with Crippen LogP contribution in [0.1, 0.15) is 62.1 Å². The zero-order valence-corrected chi connectivity index (χ0v) is 19.9. The first-order valence-corrected chi connectivity index (χ1v) is 12.1. The van der Waals surface area contributed by atoms with E-state index in [-0.39, 0.29) is 31.4 Å². The maximum atomic E-state index is 13.5. The molecule has 2 aromatic heterocycles. The van der Waals surface area contributed by atoms with Gasteiger partial charge in [-0.05, 0) is 37.5 Å². The number of carbonyl (C=O) groups excluding carboxylic acids is 2. The lowest BCUT2D eigenvalue weighted by Crippen LogP contribution is -2.47. The Labute approximate surface area is 206 Å². The highest BCUT2D eigenvalue weighted by Crippen LogP contribution is 2.41. The van der Waals surface area contributed by atoms with Gasteiger partial charge < -0.3 is 19.1 Å². The second-order valence-corrected chi connectivity index (χ2v) is 9.19. The van der Waals surface area contributed by atoms with E-state index in [0.717, 1.165) is 16.5 Å². The number of carboxylic acids is 1. The Bertz CT molecular complexity index is 1460. The van der Waals surface area contributed by atoms with Gasteiger partial charge in [0.15, 0.2) is 0 Å². The molecule has 2 aliphatic heterocycles. The summed E-state index contributed by atoms with van der Waals surface area (Å²) in [6.45, 7) is 1.88. The summed E-state index contributed by atoms with van der Waals surface area (Å²) in [5.74, 6) is -2.18. The van der Waals surface area contributed by atoms with Crippen LogP contribution in [0.3, 0.4) is 0 Å². The van der Waals surface area contributed by atoms with Crippen molar-refractivity contribution in [2.45, 2.75) is 64.2 Å². The van der Waals surface area contributed by atoms with Crippen LogP contribution in [0.2, 0.25) is 0 Å². The van der Waals surface area contributed by atoms with Gasteiger partial charge in [0.05, 0.1) is 29.0 Å². The third kappa shape index (κ3) is 3.94. The zero-order chi connectivity index (χ0) is 25.4. The number of cyclic esters (lactones) is 1. The number of esters is 2. The molecule has 3 aromatic rings. The van der Waals surface area contributed by atoms with Crippen LogP contribution in [0.5, 0.6) is 0 Å². The molecule has 2 aliphatic rings. The second kappa shape index (κ2) is 9.22. The fraction of sp³-hybridized carbons (Fsp3) is 0.370. The van der Waals surface area contributed by atoms with Gasteiger partial charge in [0, 0.05) is 29.4 Å². The highest BCUT2D eigenvalue weighted by molar-refractivity contribution is 5.88. The number of aliphatic carboxylic acids is 1. The number of rotatable bonds is 8. The predicted octanol–water partition coefficient (Wildman–Crippen LogP) is 3.67. The van der Waals surface area contributed by atoms with Gasteiger partial charge in [-0.3, -0.25) is 14.4 Å². The maximum absolute atomic E-state index is 13.5. The van der Waals surface area contributed by atoms with Gasteiger partial charge in [-0.15, -0.1) is 0 Å². The number of ether oxygens (including phenoxy) is 2. The van der Waals surface area contributed by atoms with E-state index in [4.69, 9.17) is 19.6 Å². The number of para-hydroxylation sites is 1. The van der Waals surface area contributed by atoms with Gasteiger partial charge in [-0.25, -0.2) is 9.78 Å². The van der Waals surface area contributed by atoms with Crippen molar-refractivity contribution in [3.05, 3.63) is 63.4 Å². The van der Waals surface area contributed by atoms with Crippen molar-refractivity contribution < 1.29 is 29.0 Å². The first-order chi connectivity index (χ1) is 17.3. The molecular weight excluding hydrogens is 464 g/mol. The van der Waals surface area contributed by atoms with E-state index >= 15 is 0 Å². The number of nitrogens with zero attached hydrogens (tertiary/aromatic N) is 2. The van der Waals surface area contributed by atoms with E-state index in [2.05, 4.69) is 0 Å². The first-order valence-electron chi connectivity index (χ1n) is 12.1. The Balaban J connectivity index is 1.50. The van der Waals surface area contributed by atoms with Crippen LogP contribution in [0.15, 0.2) is 41.2 Å². The zero-order valence-electron chi connectivity index (χ0n) is 19.9. The summed E-state index contributed by atoms with van der Waals surface area (Å²) in [5, 5.41) is 9.73. The van der Waals surface area contributed by atoms with Crippen LogP contribution in [-0.2, 0) is 42.6 Å². The monoisotopic (exact) mass is 490 g/mol. The van der Waals surface area contributed by atoms with E-state index < -0.39 is 23.5 Å². The predicted molar refractivity (Wildman–Crippen MR) is 129 cm³/mol. The van der Waals surface area contributed by atoms with Gasteiger partial charge in [-0.2, -0.15) is 0 Å². The third-order valence-corrected chi connectivity index (χ3v) is 6.94. The van der Waals surface area contributed by atoms with Crippen molar-refractivity contribution in [3.63, 3.8) is 0 Å².